The predicted octanol–water partition coefficient (Wildman–Crippen LogP) is 4.40. The molecule has 0 aliphatic carbocycles. The van der Waals surface area contributed by atoms with E-state index in [4.69, 9.17) is 21.1 Å². The first kappa shape index (κ1) is 17.9. The first-order valence-corrected chi connectivity index (χ1v) is 8.70. The lowest BCUT2D eigenvalue weighted by atomic mass is 10.1. The van der Waals surface area contributed by atoms with Crippen LogP contribution in [0.4, 0.5) is 0 Å². The molecule has 1 fully saturated rings. The van der Waals surface area contributed by atoms with Gasteiger partial charge in [-0.2, -0.15) is 0 Å². The van der Waals surface area contributed by atoms with Gasteiger partial charge < -0.3 is 14.4 Å². The lowest BCUT2D eigenvalue weighted by molar-refractivity contribution is 0.0761. The molecule has 23 heavy (non-hydrogen) atoms. The molecule has 0 bridgehead atoms. The summed E-state index contributed by atoms with van der Waals surface area (Å²) < 4.78 is 11.1. The maximum Gasteiger partial charge on any atom is 0.254 e. The third kappa shape index (κ3) is 4.77. The molecule has 1 amide bonds. The number of carbonyl (C=O) groups is 1. The lowest BCUT2D eigenvalue weighted by Gasteiger charge is -2.21. The first-order valence-electron chi connectivity index (χ1n) is 8.32. The summed E-state index contributed by atoms with van der Waals surface area (Å²) in [4.78, 5) is 14.6. The Hall–Kier alpha value is -1.42. The van der Waals surface area contributed by atoms with Crippen LogP contribution in [0.25, 0.3) is 0 Å². The Kier molecular flexibility index (Phi) is 6.58. The number of amides is 1. The van der Waals surface area contributed by atoms with Crippen molar-refractivity contribution in [2.24, 2.45) is 5.92 Å². The van der Waals surface area contributed by atoms with Gasteiger partial charge in [-0.25, -0.2) is 0 Å². The number of hydrogen-bond acceptors (Lipinski definition) is 3. The van der Waals surface area contributed by atoms with E-state index < -0.39 is 0 Å². The van der Waals surface area contributed by atoms with Crippen LogP contribution in [-0.4, -0.2) is 37.6 Å². The maximum atomic E-state index is 12.7. The molecule has 0 N–H and O–H groups in total. The SMILES string of the molecule is COc1cc(C(=O)N2CCCCCC2)cc(Cl)c1OCC(C)C. The maximum absolute atomic E-state index is 12.7. The molecular weight excluding hydrogens is 314 g/mol. The van der Waals surface area contributed by atoms with Crippen LogP contribution in [0.3, 0.4) is 0 Å². The molecule has 1 aromatic carbocycles. The van der Waals surface area contributed by atoms with Crippen molar-refractivity contribution in [1.82, 2.24) is 4.90 Å². The predicted molar refractivity (Wildman–Crippen MR) is 92.7 cm³/mol. The zero-order valence-electron chi connectivity index (χ0n) is 14.2. The number of likely N-dealkylation sites (tertiary alicyclic amines) is 1. The summed E-state index contributed by atoms with van der Waals surface area (Å²) in [5, 5.41) is 0.420. The van der Waals surface area contributed by atoms with Crippen molar-refractivity contribution in [3.8, 4) is 11.5 Å². The zero-order chi connectivity index (χ0) is 16.8. The Morgan fingerprint density at radius 1 is 1.22 bits per heavy atom. The van der Waals surface area contributed by atoms with Crippen molar-refractivity contribution >= 4 is 17.5 Å². The van der Waals surface area contributed by atoms with Gasteiger partial charge >= 0.3 is 0 Å². The van der Waals surface area contributed by atoms with Gasteiger partial charge in [0.25, 0.3) is 5.91 Å². The number of rotatable bonds is 5. The van der Waals surface area contributed by atoms with E-state index in [0.717, 1.165) is 25.9 Å². The second-order valence-electron chi connectivity index (χ2n) is 6.40. The molecule has 128 valence electrons. The summed E-state index contributed by atoms with van der Waals surface area (Å²) in [6.45, 7) is 6.31. The van der Waals surface area contributed by atoms with Crippen LogP contribution in [0.2, 0.25) is 5.02 Å². The Morgan fingerprint density at radius 2 is 1.87 bits per heavy atom. The fraction of sp³-hybridized carbons (Fsp3) is 0.611. The molecule has 1 aliphatic heterocycles. The van der Waals surface area contributed by atoms with E-state index in [1.165, 1.54) is 12.8 Å². The van der Waals surface area contributed by atoms with Crippen LogP contribution in [0, 0.1) is 5.92 Å². The molecule has 1 saturated heterocycles. The highest BCUT2D eigenvalue weighted by Crippen LogP contribution is 2.37. The van der Waals surface area contributed by atoms with Crippen molar-refractivity contribution in [3.05, 3.63) is 22.7 Å². The standard InChI is InChI=1S/C18H26ClNO3/c1-13(2)12-23-17-15(19)10-14(11-16(17)22-3)18(21)20-8-6-4-5-7-9-20/h10-11,13H,4-9,12H2,1-3H3. The lowest BCUT2D eigenvalue weighted by Crippen LogP contribution is -2.31. The second-order valence-corrected chi connectivity index (χ2v) is 6.81. The highest BCUT2D eigenvalue weighted by Gasteiger charge is 2.21. The monoisotopic (exact) mass is 339 g/mol. The van der Waals surface area contributed by atoms with Crippen molar-refractivity contribution < 1.29 is 14.3 Å². The molecular formula is C18H26ClNO3. The Labute approximate surface area is 143 Å². The van der Waals surface area contributed by atoms with Gasteiger partial charge in [-0.05, 0) is 30.9 Å². The normalized spacial score (nSPS) is 15.4. The van der Waals surface area contributed by atoms with Crippen LogP contribution >= 0.6 is 11.6 Å². The molecule has 0 radical (unpaired) electrons. The van der Waals surface area contributed by atoms with Crippen LogP contribution in [0.5, 0.6) is 11.5 Å². The average molecular weight is 340 g/mol. The zero-order valence-corrected chi connectivity index (χ0v) is 15.0. The van der Waals surface area contributed by atoms with E-state index >= 15 is 0 Å². The van der Waals surface area contributed by atoms with E-state index in [-0.39, 0.29) is 5.91 Å². The van der Waals surface area contributed by atoms with Gasteiger partial charge in [0, 0.05) is 18.7 Å². The van der Waals surface area contributed by atoms with Crippen molar-refractivity contribution in [2.45, 2.75) is 39.5 Å². The van der Waals surface area contributed by atoms with Crippen LogP contribution < -0.4 is 9.47 Å². The molecule has 1 heterocycles. The minimum atomic E-state index is 0.0162. The molecule has 0 aromatic heterocycles. The summed E-state index contributed by atoms with van der Waals surface area (Å²) in [6.07, 6.45) is 4.50. The van der Waals surface area contributed by atoms with E-state index in [0.29, 0.717) is 34.6 Å². The topological polar surface area (TPSA) is 38.8 Å². The van der Waals surface area contributed by atoms with Gasteiger partial charge in [-0.15, -0.1) is 0 Å². The van der Waals surface area contributed by atoms with E-state index in [2.05, 4.69) is 13.8 Å². The average Bonchev–Trinajstić information content (AvgIpc) is 2.81. The molecule has 0 atom stereocenters. The summed E-state index contributed by atoms with van der Waals surface area (Å²) in [5.41, 5.74) is 0.561. The minimum absolute atomic E-state index is 0.0162. The molecule has 5 heteroatoms. The van der Waals surface area contributed by atoms with Crippen LogP contribution in [0.1, 0.15) is 49.9 Å². The summed E-state index contributed by atoms with van der Waals surface area (Å²) in [7, 11) is 1.56. The van der Waals surface area contributed by atoms with E-state index in [1.807, 2.05) is 4.90 Å². The molecule has 2 rings (SSSR count). The van der Waals surface area contributed by atoms with Gasteiger partial charge in [0.2, 0.25) is 0 Å². The number of benzene rings is 1. The van der Waals surface area contributed by atoms with Gasteiger partial charge in [-0.3, -0.25) is 4.79 Å². The smallest absolute Gasteiger partial charge is 0.254 e. The fourth-order valence-electron chi connectivity index (χ4n) is 2.69. The van der Waals surface area contributed by atoms with E-state index in [9.17, 15) is 4.79 Å². The van der Waals surface area contributed by atoms with E-state index in [1.54, 1.807) is 19.2 Å². The van der Waals surface area contributed by atoms with Crippen molar-refractivity contribution in [3.63, 3.8) is 0 Å². The quantitative estimate of drug-likeness (QED) is 0.798. The fourth-order valence-corrected chi connectivity index (χ4v) is 2.95. The summed E-state index contributed by atoms with van der Waals surface area (Å²) in [5.74, 6) is 1.42. The van der Waals surface area contributed by atoms with Gasteiger partial charge in [0.1, 0.15) is 0 Å². The minimum Gasteiger partial charge on any atom is -0.493 e. The third-order valence-electron chi connectivity index (χ3n) is 3.93. The number of ether oxygens (including phenoxy) is 2. The van der Waals surface area contributed by atoms with Gasteiger partial charge in [0.15, 0.2) is 11.5 Å². The second kappa shape index (κ2) is 8.44. The molecule has 0 spiro atoms. The highest BCUT2D eigenvalue weighted by molar-refractivity contribution is 6.32. The molecule has 0 saturated carbocycles. The van der Waals surface area contributed by atoms with Gasteiger partial charge in [-0.1, -0.05) is 38.3 Å². The summed E-state index contributed by atoms with van der Waals surface area (Å²) in [6, 6.07) is 3.42. The Morgan fingerprint density at radius 3 is 2.43 bits per heavy atom. The molecule has 1 aromatic rings. The van der Waals surface area contributed by atoms with Gasteiger partial charge in [0.05, 0.1) is 18.7 Å². The third-order valence-corrected chi connectivity index (χ3v) is 4.21. The summed E-state index contributed by atoms with van der Waals surface area (Å²) >= 11 is 6.34. The van der Waals surface area contributed by atoms with Crippen LogP contribution in [-0.2, 0) is 0 Å². The first-order chi connectivity index (χ1) is 11.0. The Bertz CT molecular complexity index is 537. The number of carbonyl (C=O) groups excluding carboxylic acids is 1. The number of halogens is 1. The number of hydrogen-bond donors (Lipinski definition) is 0. The van der Waals surface area contributed by atoms with Crippen LogP contribution in [0.15, 0.2) is 12.1 Å². The molecule has 4 nitrogen and oxygen atoms in total. The Balaban J connectivity index is 2.22. The highest BCUT2D eigenvalue weighted by atomic mass is 35.5. The molecule has 0 unspecified atom stereocenters. The van der Waals surface area contributed by atoms with Crippen molar-refractivity contribution in [2.75, 3.05) is 26.8 Å². The molecule has 1 aliphatic rings. The number of nitrogens with zero attached hydrogens (tertiary/aromatic N) is 1. The largest absolute Gasteiger partial charge is 0.493 e. The van der Waals surface area contributed by atoms with Crippen molar-refractivity contribution in [1.29, 1.82) is 0 Å². The number of methoxy groups -OCH3 is 1.